The van der Waals surface area contributed by atoms with Crippen LogP contribution < -0.4 is 10.5 Å². The summed E-state index contributed by atoms with van der Waals surface area (Å²) >= 11 is 1.60. The molecule has 0 aromatic carbocycles. The van der Waals surface area contributed by atoms with E-state index in [1.807, 2.05) is 0 Å². The largest absolute Gasteiger partial charge is 0.467 e. The van der Waals surface area contributed by atoms with Crippen LogP contribution in [0.2, 0.25) is 0 Å². The zero-order chi connectivity index (χ0) is 10.7. The van der Waals surface area contributed by atoms with Crippen LogP contribution in [0.1, 0.15) is 38.3 Å². The third-order valence-corrected chi connectivity index (χ3v) is 3.66. The van der Waals surface area contributed by atoms with Gasteiger partial charge in [-0.1, -0.05) is 18.3 Å². The maximum Gasteiger partial charge on any atom is 0.273 e. The van der Waals surface area contributed by atoms with E-state index in [1.54, 1.807) is 11.3 Å². The van der Waals surface area contributed by atoms with Crippen LogP contribution in [-0.2, 0) is 6.42 Å². The molecule has 0 radical (unpaired) electrons. The van der Waals surface area contributed by atoms with Gasteiger partial charge >= 0.3 is 0 Å². The molecule has 0 atom stereocenters. The lowest BCUT2D eigenvalue weighted by Gasteiger charge is -2.25. The Hall–Kier alpha value is -0.610. The zero-order valence-electron chi connectivity index (χ0n) is 9.11. The second kappa shape index (κ2) is 4.94. The smallest absolute Gasteiger partial charge is 0.273 e. The first-order valence-corrected chi connectivity index (χ1v) is 6.52. The molecule has 0 bridgehead atoms. The molecular weight excluding hydrogens is 208 g/mol. The van der Waals surface area contributed by atoms with Crippen molar-refractivity contribution in [1.29, 1.82) is 0 Å². The first-order chi connectivity index (χ1) is 7.28. The minimum Gasteiger partial charge on any atom is -0.467 e. The van der Waals surface area contributed by atoms with Crippen molar-refractivity contribution in [2.24, 2.45) is 5.73 Å². The topological polar surface area (TPSA) is 48.1 Å². The molecular formula is C11H18N2OS. The summed E-state index contributed by atoms with van der Waals surface area (Å²) in [6.45, 7) is 2.11. The van der Waals surface area contributed by atoms with Crippen LogP contribution in [0.25, 0.3) is 0 Å². The molecule has 1 heterocycles. The Morgan fingerprint density at radius 1 is 1.47 bits per heavy atom. The van der Waals surface area contributed by atoms with Crippen molar-refractivity contribution < 1.29 is 4.74 Å². The molecule has 0 spiro atoms. The average molecular weight is 226 g/mol. The lowest BCUT2D eigenvalue weighted by atomic mass is 9.94. The normalized spacial score (nSPS) is 26.5. The van der Waals surface area contributed by atoms with Crippen molar-refractivity contribution in [2.45, 2.75) is 51.2 Å². The molecule has 0 amide bonds. The van der Waals surface area contributed by atoms with E-state index in [4.69, 9.17) is 10.5 Å². The van der Waals surface area contributed by atoms with E-state index >= 15 is 0 Å². The SMILES string of the molecule is CCc1csc(OC2CCC(N)CC2)n1. The number of aryl methyl sites for hydroxylation is 1. The number of aromatic nitrogens is 1. The number of hydrogen-bond donors (Lipinski definition) is 1. The number of rotatable bonds is 3. The van der Waals surface area contributed by atoms with Crippen LogP contribution in [-0.4, -0.2) is 17.1 Å². The third kappa shape index (κ3) is 2.92. The van der Waals surface area contributed by atoms with Crippen LogP contribution in [0.5, 0.6) is 5.19 Å². The molecule has 0 unspecified atom stereocenters. The van der Waals surface area contributed by atoms with E-state index in [2.05, 4.69) is 17.3 Å². The van der Waals surface area contributed by atoms with Crippen LogP contribution in [0.3, 0.4) is 0 Å². The lowest BCUT2D eigenvalue weighted by Crippen LogP contribution is -2.31. The van der Waals surface area contributed by atoms with Gasteiger partial charge in [0.2, 0.25) is 0 Å². The van der Waals surface area contributed by atoms with Gasteiger partial charge < -0.3 is 10.5 Å². The quantitative estimate of drug-likeness (QED) is 0.860. The van der Waals surface area contributed by atoms with Gasteiger partial charge in [-0.3, -0.25) is 0 Å². The first kappa shape index (κ1) is 10.9. The molecule has 15 heavy (non-hydrogen) atoms. The molecule has 4 heteroatoms. The predicted octanol–water partition coefficient (Wildman–Crippen LogP) is 2.35. The van der Waals surface area contributed by atoms with E-state index in [9.17, 15) is 0 Å². The molecule has 3 nitrogen and oxygen atoms in total. The molecule has 0 aliphatic heterocycles. The summed E-state index contributed by atoms with van der Waals surface area (Å²) in [6, 6.07) is 0.382. The molecule has 1 aromatic rings. The summed E-state index contributed by atoms with van der Waals surface area (Å²) < 4.78 is 5.84. The molecule has 1 aliphatic rings. The molecule has 1 aromatic heterocycles. The number of nitrogens with two attached hydrogens (primary N) is 1. The van der Waals surface area contributed by atoms with Crippen molar-refractivity contribution in [2.75, 3.05) is 0 Å². The Balaban J connectivity index is 1.86. The van der Waals surface area contributed by atoms with E-state index in [-0.39, 0.29) is 0 Å². The van der Waals surface area contributed by atoms with Gasteiger partial charge in [0.25, 0.3) is 5.19 Å². The standard InChI is InChI=1S/C11H18N2OS/c1-2-9-7-15-11(13-9)14-10-5-3-8(12)4-6-10/h7-8,10H,2-6,12H2,1H3. The third-order valence-electron chi connectivity index (χ3n) is 2.88. The van der Waals surface area contributed by atoms with Gasteiger partial charge in [0.05, 0.1) is 5.69 Å². The molecule has 2 rings (SSSR count). The highest BCUT2D eigenvalue weighted by atomic mass is 32.1. The zero-order valence-corrected chi connectivity index (χ0v) is 9.93. The Bertz CT molecular complexity index is 305. The molecule has 0 saturated heterocycles. The van der Waals surface area contributed by atoms with E-state index < -0.39 is 0 Å². The number of thiazole rings is 1. The Morgan fingerprint density at radius 3 is 2.80 bits per heavy atom. The highest BCUT2D eigenvalue weighted by Crippen LogP contribution is 2.25. The van der Waals surface area contributed by atoms with Crippen LogP contribution in [0, 0.1) is 0 Å². The fourth-order valence-electron chi connectivity index (χ4n) is 1.85. The van der Waals surface area contributed by atoms with Crippen molar-refractivity contribution >= 4 is 11.3 Å². The van der Waals surface area contributed by atoms with Crippen LogP contribution in [0.15, 0.2) is 5.38 Å². The van der Waals surface area contributed by atoms with Crippen molar-refractivity contribution in [3.8, 4) is 5.19 Å². The van der Waals surface area contributed by atoms with Gasteiger partial charge in [-0.05, 0) is 32.1 Å². The minimum atomic E-state index is 0.334. The predicted molar refractivity (Wildman–Crippen MR) is 62.4 cm³/mol. The summed E-state index contributed by atoms with van der Waals surface area (Å²) in [5.41, 5.74) is 6.97. The lowest BCUT2D eigenvalue weighted by molar-refractivity contribution is 0.146. The summed E-state index contributed by atoms with van der Waals surface area (Å²) in [4.78, 5) is 4.41. The number of hydrogen-bond acceptors (Lipinski definition) is 4. The maximum absolute atomic E-state index is 5.85. The second-order valence-electron chi connectivity index (χ2n) is 4.11. The van der Waals surface area contributed by atoms with E-state index in [0.29, 0.717) is 12.1 Å². The molecule has 84 valence electrons. The van der Waals surface area contributed by atoms with Gasteiger partial charge in [0.1, 0.15) is 6.10 Å². The maximum atomic E-state index is 5.85. The minimum absolute atomic E-state index is 0.334. The monoisotopic (exact) mass is 226 g/mol. The van der Waals surface area contributed by atoms with Gasteiger partial charge in [-0.25, -0.2) is 4.98 Å². The van der Waals surface area contributed by atoms with Crippen molar-refractivity contribution in [3.05, 3.63) is 11.1 Å². The van der Waals surface area contributed by atoms with Gasteiger partial charge in [-0.2, -0.15) is 0 Å². The summed E-state index contributed by atoms with van der Waals surface area (Å²) in [7, 11) is 0. The molecule has 1 fully saturated rings. The highest BCUT2D eigenvalue weighted by molar-refractivity contribution is 7.11. The van der Waals surface area contributed by atoms with E-state index in [0.717, 1.165) is 43.0 Å². The molecule has 1 saturated carbocycles. The second-order valence-corrected chi connectivity index (χ2v) is 4.93. The van der Waals surface area contributed by atoms with Gasteiger partial charge in [0.15, 0.2) is 0 Å². The number of ether oxygens (including phenoxy) is 1. The Kier molecular flexibility index (Phi) is 3.59. The summed E-state index contributed by atoms with van der Waals surface area (Å²) in [5, 5.41) is 2.90. The van der Waals surface area contributed by atoms with Gasteiger partial charge in [-0.15, -0.1) is 0 Å². The summed E-state index contributed by atoms with van der Waals surface area (Å²) in [5.74, 6) is 0. The number of nitrogens with zero attached hydrogens (tertiary/aromatic N) is 1. The van der Waals surface area contributed by atoms with E-state index in [1.165, 1.54) is 0 Å². The van der Waals surface area contributed by atoms with Crippen molar-refractivity contribution in [3.63, 3.8) is 0 Å². The Labute approximate surface area is 94.7 Å². The molecule has 1 aliphatic carbocycles. The average Bonchev–Trinajstić information content (AvgIpc) is 2.69. The van der Waals surface area contributed by atoms with Gasteiger partial charge in [0, 0.05) is 11.4 Å². The molecule has 2 N–H and O–H groups in total. The first-order valence-electron chi connectivity index (χ1n) is 5.64. The van der Waals surface area contributed by atoms with Crippen molar-refractivity contribution in [1.82, 2.24) is 4.98 Å². The fourth-order valence-corrected chi connectivity index (χ4v) is 2.67. The van der Waals surface area contributed by atoms with Crippen LogP contribution in [0.4, 0.5) is 0 Å². The Morgan fingerprint density at radius 2 is 2.20 bits per heavy atom. The highest BCUT2D eigenvalue weighted by Gasteiger charge is 2.20. The van der Waals surface area contributed by atoms with Crippen LogP contribution >= 0.6 is 11.3 Å². The fraction of sp³-hybridized carbons (Fsp3) is 0.727. The summed E-state index contributed by atoms with van der Waals surface area (Å²) in [6.07, 6.45) is 5.62.